The molecule has 4 aromatic rings. The van der Waals surface area contributed by atoms with E-state index in [0.29, 0.717) is 6.54 Å². The lowest BCUT2D eigenvalue weighted by atomic mass is 9.96. The molecule has 32 heavy (non-hydrogen) atoms. The summed E-state index contributed by atoms with van der Waals surface area (Å²) in [5, 5.41) is 0. The summed E-state index contributed by atoms with van der Waals surface area (Å²) in [6.07, 6.45) is 0.986. The van der Waals surface area contributed by atoms with Gasteiger partial charge in [-0.2, -0.15) is 0 Å². The van der Waals surface area contributed by atoms with Crippen molar-refractivity contribution in [2.45, 2.75) is 26.8 Å². The number of hydrogen-bond acceptors (Lipinski definition) is 1. The Bertz CT molecular complexity index is 1320. The molecule has 2 heteroatoms. The van der Waals surface area contributed by atoms with Crippen LogP contribution in [0.1, 0.15) is 40.3 Å². The van der Waals surface area contributed by atoms with E-state index in [9.17, 15) is 0 Å². The molecule has 0 unspecified atom stereocenters. The first-order valence-corrected chi connectivity index (χ1v) is 11.1. The van der Waals surface area contributed by atoms with Crippen molar-refractivity contribution in [3.8, 4) is 11.1 Å². The number of benzene rings is 4. The Morgan fingerprint density at radius 1 is 0.781 bits per heavy atom. The van der Waals surface area contributed by atoms with Gasteiger partial charge in [0.2, 0.25) is 0 Å². The third-order valence-corrected chi connectivity index (χ3v) is 6.02. The summed E-state index contributed by atoms with van der Waals surface area (Å²) in [5.41, 5.74) is 11.1. The minimum Gasteiger partial charge on any atom is -0.261 e. The third kappa shape index (κ3) is 4.04. The van der Waals surface area contributed by atoms with Gasteiger partial charge in [-0.05, 0) is 48.1 Å². The van der Waals surface area contributed by atoms with E-state index in [1.54, 1.807) is 0 Å². The monoisotopic (exact) mass is 414 g/mol. The molecule has 0 amide bonds. The van der Waals surface area contributed by atoms with Crippen LogP contribution >= 0.6 is 0 Å². The topological polar surface area (TPSA) is 24.7 Å². The molecule has 0 saturated heterocycles. The predicted octanol–water partition coefficient (Wildman–Crippen LogP) is 7.02. The molecule has 0 aliphatic heterocycles. The fourth-order valence-corrected chi connectivity index (χ4v) is 4.40. The number of rotatable bonds is 4. The Morgan fingerprint density at radius 2 is 1.53 bits per heavy atom. The molecule has 5 rings (SSSR count). The average molecular weight is 415 g/mol. The van der Waals surface area contributed by atoms with Crippen LogP contribution in [-0.4, -0.2) is 11.5 Å². The van der Waals surface area contributed by atoms with Crippen LogP contribution in [0, 0.1) is 6.92 Å². The van der Waals surface area contributed by atoms with Crippen LogP contribution in [0.25, 0.3) is 11.1 Å². The van der Waals surface area contributed by atoms with Crippen molar-refractivity contribution in [3.63, 3.8) is 0 Å². The molecular formula is C30H26N2. The van der Waals surface area contributed by atoms with Gasteiger partial charge in [-0.15, -0.1) is 0 Å². The van der Waals surface area contributed by atoms with Crippen molar-refractivity contribution in [1.29, 1.82) is 0 Å². The predicted molar refractivity (Wildman–Crippen MR) is 135 cm³/mol. The van der Waals surface area contributed by atoms with E-state index in [1.807, 2.05) is 36.4 Å². The molecule has 4 aromatic carbocycles. The van der Waals surface area contributed by atoms with Gasteiger partial charge in [-0.3, -0.25) is 4.99 Å². The zero-order chi connectivity index (χ0) is 21.9. The van der Waals surface area contributed by atoms with Gasteiger partial charge in [0.05, 0.1) is 6.54 Å². The molecule has 156 valence electrons. The highest BCUT2D eigenvalue weighted by Crippen LogP contribution is 2.39. The van der Waals surface area contributed by atoms with Crippen molar-refractivity contribution in [3.05, 3.63) is 130 Å². The summed E-state index contributed by atoms with van der Waals surface area (Å²) < 4.78 is 0. The van der Waals surface area contributed by atoms with Crippen LogP contribution in [0.2, 0.25) is 0 Å². The lowest BCUT2D eigenvalue weighted by Crippen LogP contribution is -2.06. The van der Waals surface area contributed by atoms with Crippen molar-refractivity contribution >= 4 is 11.5 Å². The molecule has 0 bridgehead atoms. The average Bonchev–Trinajstić information content (AvgIpc) is 3.20. The van der Waals surface area contributed by atoms with E-state index in [4.69, 9.17) is 9.98 Å². The molecular weight excluding hydrogens is 388 g/mol. The first-order valence-electron chi connectivity index (χ1n) is 11.1. The zero-order valence-corrected chi connectivity index (χ0v) is 18.5. The number of nitrogens with zero attached hydrogens (tertiary/aromatic N) is 2. The van der Waals surface area contributed by atoms with Crippen LogP contribution < -0.4 is 0 Å². The number of aliphatic imine (C=N–C) groups is 2. The van der Waals surface area contributed by atoms with Crippen molar-refractivity contribution in [2.75, 3.05) is 0 Å². The van der Waals surface area contributed by atoms with E-state index >= 15 is 0 Å². The fraction of sp³-hybridized carbons (Fsp3) is 0.133. The molecule has 2 nitrogen and oxygen atoms in total. The normalized spacial score (nSPS) is 13.1. The number of aryl methyl sites for hydroxylation is 1. The maximum Gasteiger partial charge on any atom is 0.155 e. The smallest absolute Gasteiger partial charge is 0.155 e. The molecule has 0 spiro atoms. The fourth-order valence-electron chi connectivity index (χ4n) is 4.40. The Labute approximate surface area is 190 Å². The summed E-state index contributed by atoms with van der Waals surface area (Å²) in [7, 11) is 0. The highest BCUT2D eigenvalue weighted by atomic mass is 14.9. The highest BCUT2D eigenvalue weighted by Gasteiger charge is 2.22. The molecule has 0 atom stereocenters. The third-order valence-electron chi connectivity index (χ3n) is 6.02. The lowest BCUT2D eigenvalue weighted by Gasteiger charge is -2.11. The number of hydrogen-bond donors (Lipinski definition) is 0. The Hall–Kier alpha value is -3.78. The largest absolute Gasteiger partial charge is 0.261 e. The summed E-state index contributed by atoms with van der Waals surface area (Å²) >= 11 is 0. The van der Waals surface area contributed by atoms with Gasteiger partial charge in [-0.25, -0.2) is 4.99 Å². The first-order chi connectivity index (χ1) is 15.7. The summed E-state index contributed by atoms with van der Waals surface area (Å²) in [4.78, 5) is 9.98. The second kappa shape index (κ2) is 8.76. The Morgan fingerprint density at radius 3 is 2.31 bits per heavy atom. The molecule has 1 aliphatic rings. The van der Waals surface area contributed by atoms with Gasteiger partial charge in [0.25, 0.3) is 0 Å². The molecule has 0 heterocycles. The van der Waals surface area contributed by atoms with Crippen LogP contribution in [0.15, 0.2) is 107 Å². The molecule has 0 N–H and O–H groups in total. The van der Waals surface area contributed by atoms with Crippen molar-refractivity contribution in [2.24, 2.45) is 9.98 Å². The van der Waals surface area contributed by atoms with E-state index < -0.39 is 0 Å². The standard InChI is InChI=1S/C30H26N2/c1-21-16-17-25-19-26-14-9-15-27(29(26)28(25)18-21)22(2)32-30(24-12-7-4-8-13-24)31-20-23-10-5-3-6-11-23/h3-18H,19-20H2,1-2H3. The molecule has 1 aliphatic carbocycles. The van der Waals surface area contributed by atoms with E-state index in [1.165, 1.54) is 38.9 Å². The van der Waals surface area contributed by atoms with Crippen LogP contribution in [-0.2, 0) is 13.0 Å². The summed E-state index contributed by atoms with van der Waals surface area (Å²) in [5.74, 6) is 0.770. The van der Waals surface area contributed by atoms with Gasteiger partial charge < -0.3 is 0 Å². The summed E-state index contributed by atoms with van der Waals surface area (Å²) in [6, 6.07) is 33.9. The van der Waals surface area contributed by atoms with Gasteiger partial charge in [-0.1, -0.05) is 103 Å². The Kier molecular flexibility index (Phi) is 5.51. The maximum absolute atomic E-state index is 5.07. The van der Waals surface area contributed by atoms with E-state index in [-0.39, 0.29) is 0 Å². The number of amidine groups is 1. The summed E-state index contributed by atoms with van der Waals surface area (Å²) in [6.45, 7) is 4.87. The molecule has 0 aromatic heterocycles. The van der Waals surface area contributed by atoms with Gasteiger partial charge in [0, 0.05) is 16.8 Å². The first kappa shape index (κ1) is 20.1. The van der Waals surface area contributed by atoms with Crippen molar-refractivity contribution in [1.82, 2.24) is 0 Å². The second-order valence-electron chi connectivity index (χ2n) is 8.37. The minimum absolute atomic E-state index is 0.608. The van der Waals surface area contributed by atoms with Crippen LogP contribution in [0.4, 0.5) is 0 Å². The SMILES string of the molecule is CC(=NC(=NCc1ccccc1)c1ccccc1)c1cccc2c1-c1cc(C)ccc1C2. The minimum atomic E-state index is 0.608. The highest BCUT2D eigenvalue weighted by molar-refractivity contribution is 6.14. The lowest BCUT2D eigenvalue weighted by molar-refractivity contribution is 1.06. The number of fused-ring (bicyclic) bond motifs is 3. The zero-order valence-electron chi connectivity index (χ0n) is 18.5. The molecule has 0 radical (unpaired) electrons. The van der Waals surface area contributed by atoms with Crippen molar-refractivity contribution < 1.29 is 0 Å². The van der Waals surface area contributed by atoms with Gasteiger partial charge in [0.15, 0.2) is 5.84 Å². The molecule has 0 fully saturated rings. The van der Waals surface area contributed by atoms with E-state index in [0.717, 1.165) is 23.5 Å². The Balaban J connectivity index is 1.58. The molecule has 0 saturated carbocycles. The quantitative estimate of drug-likeness (QED) is 0.223. The second-order valence-corrected chi connectivity index (χ2v) is 8.37. The van der Waals surface area contributed by atoms with Crippen LogP contribution in [0.5, 0.6) is 0 Å². The van der Waals surface area contributed by atoms with Gasteiger partial charge in [0.1, 0.15) is 0 Å². The van der Waals surface area contributed by atoms with E-state index in [2.05, 4.69) is 74.5 Å². The maximum atomic E-state index is 5.07. The van der Waals surface area contributed by atoms with Crippen LogP contribution in [0.3, 0.4) is 0 Å². The van der Waals surface area contributed by atoms with Gasteiger partial charge >= 0.3 is 0 Å².